The van der Waals surface area contributed by atoms with Crippen LogP contribution < -0.4 is 10.2 Å². The molecule has 1 aliphatic rings. The van der Waals surface area contributed by atoms with Crippen LogP contribution in [0.5, 0.6) is 0 Å². The van der Waals surface area contributed by atoms with Crippen molar-refractivity contribution in [2.24, 2.45) is 0 Å². The van der Waals surface area contributed by atoms with E-state index < -0.39 is 0 Å². The van der Waals surface area contributed by atoms with Gasteiger partial charge in [0, 0.05) is 19.1 Å². The van der Waals surface area contributed by atoms with Gasteiger partial charge >= 0.3 is 0 Å². The van der Waals surface area contributed by atoms with Crippen LogP contribution in [0.1, 0.15) is 38.3 Å². The summed E-state index contributed by atoms with van der Waals surface area (Å²) in [5.74, 6) is -0.113. The van der Waals surface area contributed by atoms with Crippen LogP contribution in [0, 0.1) is 5.82 Å². The van der Waals surface area contributed by atoms with Crippen molar-refractivity contribution < 1.29 is 4.39 Å². The molecule has 2 rings (SSSR count). The maximum atomic E-state index is 14.2. The fraction of sp³-hybridized carbons (Fsp3) is 0.500. The minimum atomic E-state index is -0.113. The Morgan fingerprint density at radius 1 is 1.37 bits per heavy atom. The van der Waals surface area contributed by atoms with Gasteiger partial charge in [-0.05, 0) is 37.9 Å². The van der Waals surface area contributed by atoms with Crippen LogP contribution in [0.3, 0.4) is 0 Å². The first-order chi connectivity index (χ1) is 9.24. The highest BCUT2D eigenvalue weighted by Gasteiger charge is 2.19. The number of nitrogens with zero attached hydrogens (tertiary/aromatic N) is 1. The van der Waals surface area contributed by atoms with Crippen LogP contribution in [0.2, 0.25) is 0 Å². The highest BCUT2D eigenvalue weighted by Crippen LogP contribution is 2.30. The minimum Gasteiger partial charge on any atom is -0.365 e. The minimum absolute atomic E-state index is 0.113. The van der Waals surface area contributed by atoms with Gasteiger partial charge in [0.25, 0.3) is 0 Å². The zero-order valence-electron chi connectivity index (χ0n) is 11.8. The van der Waals surface area contributed by atoms with Gasteiger partial charge in [-0.3, -0.25) is 0 Å². The largest absolute Gasteiger partial charge is 0.365 e. The molecule has 0 saturated heterocycles. The molecule has 0 spiro atoms. The highest BCUT2D eigenvalue weighted by atomic mass is 19.1. The Labute approximate surface area is 115 Å². The molecule has 0 aliphatic carbocycles. The molecule has 1 aliphatic heterocycles. The van der Waals surface area contributed by atoms with Gasteiger partial charge in [0.2, 0.25) is 0 Å². The van der Waals surface area contributed by atoms with E-state index in [1.54, 1.807) is 12.1 Å². The fourth-order valence-corrected chi connectivity index (χ4v) is 2.53. The molecule has 1 aromatic carbocycles. The topological polar surface area (TPSA) is 15.3 Å². The summed E-state index contributed by atoms with van der Waals surface area (Å²) in [6, 6.07) is 5.57. The SMILES string of the molecule is CCCNC(C)c1cccc(F)c1N1CC=CCC1. The van der Waals surface area contributed by atoms with Crippen molar-refractivity contribution in [1.29, 1.82) is 0 Å². The zero-order chi connectivity index (χ0) is 13.7. The standard InChI is InChI=1S/C16H23FN2/c1-3-10-18-13(2)14-8-7-9-15(17)16(14)19-11-5-4-6-12-19/h4-5,7-9,13,18H,3,6,10-12H2,1-2H3. The van der Waals surface area contributed by atoms with E-state index in [4.69, 9.17) is 0 Å². The van der Waals surface area contributed by atoms with Crippen molar-refractivity contribution in [2.45, 2.75) is 32.7 Å². The van der Waals surface area contributed by atoms with Gasteiger partial charge in [0.05, 0.1) is 5.69 Å². The second kappa shape index (κ2) is 6.71. The average molecular weight is 262 g/mol. The first-order valence-electron chi connectivity index (χ1n) is 7.15. The van der Waals surface area contributed by atoms with E-state index in [9.17, 15) is 4.39 Å². The number of benzene rings is 1. The third-order valence-corrected chi connectivity index (χ3v) is 3.56. The number of para-hydroxylation sites is 1. The van der Waals surface area contributed by atoms with Gasteiger partial charge in [-0.1, -0.05) is 31.2 Å². The smallest absolute Gasteiger partial charge is 0.146 e. The Morgan fingerprint density at radius 2 is 2.21 bits per heavy atom. The first-order valence-corrected chi connectivity index (χ1v) is 7.15. The molecular formula is C16H23FN2. The van der Waals surface area contributed by atoms with Gasteiger partial charge in [0.1, 0.15) is 5.82 Å². The maximum Gasteiger partial charge on any atom is 0.146 e. The lowest BCUT2D eigenvalue weighted by Crippen LogP contribution is -2.30. The average Bonchev–Trinajstić information content (AvgIpc) is 2.45. The Kier molecular flexibility index (Phi) is 4.97. The fourth-order valence-electron chi connectivity index (χ4n) is 2.53. The molecule has 2 nitrogen and oxygen atoms in total. The summed E-state index contributed by atoms with van der Waals surface area (Å²) in [5.41, 5.74) is 1.83. The quantitative estimate of drug-likeness (QED) is 0.815. The van der Waals surface area contributed by atoms with E-state index in [0.29, 0.717) is 0 Å². The molecule has 104 valence electrons. The number of rotatable bonds is 5. The van der Waals surface area contributed by atoms with E-state index >= 15 is 0 Å². The van der Waals surface area contributed by atoms with Gasteiger partial charge in [-0.15, -0.1) is 0 Å². The lowest BCUT2D eigenvalue weighted by Gasteiger charge is -2.30. The summed E-state index contributed by atoms with van der Waals surface area (Å²) in [4.78, 5) is 2.13. The number of anilines is 1. The molecular weight excluding hydrogens is 239 g/mol. The molecule has 1 atom stereocenters. The Balaban J connectivity index is 2.27. The highest BCUT2D eigenvalue weighted by molar-refractivity contribution is 5.57. The van der Waals surface area contributed by atoms with E-state index in [1.807, 2.05) is 6.07 Å². The Bertz CT molecular complexity index is 442. The predicted octanol–water partition coefficient (Wildman–Crippen LogP) is 3.65. The third-order valence-electron chi connectivity index (χ3n) is 3.56. The molecule has 1 N–H and O–H groups in total. The van der Waals surface area contributed by atoms with Gasteiger partial charge in [0.15, 0.2) is 0 Å². The lowest BCUT2D eigenvalue weighted by molar-refractivity contribution is 0.558. The normalized spacial score (nSPS) is 16.7. The number of hydrogen-bond donors (Lipinski definition) is 1. The van der Waals surface area contributed by atoms with Crippen LogP contribution in [0.4, 0.5) is 10.1 Å². The van der Waals surface area contributed by atoms with Crippen molar-refractivity contribution in [1.82, 2.24) is 5.32 Å². The van der Waals surface area contributed by atoms with Crippen LogP contribution in [0.15, 0.2) is 30.4 Å². The van der Waals surface area contributed by atoms with Crippen molar-refractivity contribution in [2.75, 3.05) is 24.5 Å². The molecule has 0 radical (unpaired) electrons. The first kappa shape index (κ1) is 14.1. The van der Waals surface area contributed by atoms with E-state index in [-0.39, 0.29) is 11.9 Å². The van der Waals surface area contributed by atoms with E-state index in [2.05, 4.69) is 36.2 Å². The van der Waals surface area contributed by atoms with E-state index in [1.165, 1.54) is 0 Å². The van der Waals surface area contributed by atoms with Crippen molar-refractivity contribution in [3.05, 3.63) is 41.7 Å². The maximum absolute atomic E-state index is 14.2. The molecule has 1 aromatic rings. The summed E-state index contributed by atoms with van der Waals surface area (Å²) in [5, 5.41) is 3.44. The molecule has 0 fully saturated rings. The van der Waals surface area contributed by atoms with Gasteiger partial charge in [-0.25, -0.2) is 4.39 Å². The molecule has 1 unspecified atom stereocenters. The third kappa shape index (κ3) is 3.35. The molecule has 3 heteroatoms. The molecule has 1 heterocycles. The second-order valence-electron chi connectivity index (χ2n) is 5.06. The molecule has 0 aromatic heterocycles. The van der Waals surface area contributed by atoms with E-state index in [0.717, 1.165) is 43.7 Å². The monoisotopic (exact) mass is 262 g/mol. The summed E-state index contributed by atoms with van der Waals surface area (Å²) in [6.07, 6.45) is 6.35. The van der Waals surface area contributed by atoms with Crippen molar-refractivity contribution >= 4 is 5.69 Å². The Morgan fingerprint density at radius 3 is 2.89 bits per heavy atom. The van der Waals surface area contributed by atoms with Crippen molar-refractivity contribution in [3.63, 3.8) is 0 Å². The van der Waals surface area contributed by atoms with Gasteiger partial charge < -0.3 is 10.2 Å². The Hall–Kier alpha value is -1.35. The molecule has 0 bridgehead atoms. The number of hydrogen-bond acceptors (Lipinski definition) is 2. The number of halogens is 1. The van der Waals surface area contributed by atoms with Crippen LogP contribution >= 0.6 is 0 Å². The summed E-state index contributed by atoms with van der Waals surface area (Å²) in [7, 11) is 0. The molecule has 19 heavy (non-hydrogen) atoms. The molecule has 0 saturated carbocycles. The summed E-state index contributed by atoms with van der Waals surface area (Å²) >= 11 is 0. The van der Waals surface area contributed by atoms with Gasteiger partial charge in [-0.2, -0.15) is 0 Å². The summed E-state index contributed by atoms with van der Waals surface area (Å²) in [6.45, 7) is 6.89. The van der Waals surface area contributed by atoms with Crippen molar-refractivity contribution in [3.8, 4) is 0 Å². The van der Waals surface area contributed by atoms with Crippen LogP contribution in [0.25, 0.3) is 0 Å². The lowest BCUT2D eigenvalue weighted by atomic mass is 10.0. The van der Waals surface area contributed by atoms with Crippen LogP contribution in [-0.4, -0.2) is 19.6 Å². The summed E-state index contributed by atoms with van der Waals surface area (Å²) < 4.78 is 14.2. The second-order valence-corrected chi connectivity index (χ2v) is 5.06. The molecule has 0 amide bonds. The zero-order valence-corrected chi connectivity index (χ0v) is 11.8. The number of nitrogens with one attached hydrogen (secondary N) is 1. The predicted molar refractivity (Wildman–Crippen MR) is 79.1 cm³/mol. The van der Waals surface area contributed by atoms with Crippen LogP contribution in [-0.2, 0) is 0 Å².